The van der Waals surface area contributed by atoms with Crippen LogP contribution in [-0.2, 0) is 11.3 Å². The number of H-pyrrole nitrogens is 1. The van der Waals surface area contributed by atoms with Gasteiger partial charge in [0.15, 0.2) is 0 Å². The Morgan fingerprint density at radius 3 is 2.97 bits per heavy atom. The number of benzene rings is 2. The summed E-state index contributed by atoms with van der Waals surface area (Å²) in [6, 6.07) is 14.6. The van der Waals surface area contributed by atoms with E-state index in [0.717, 1.165) is 60.5 Å². The second-order valence-electron chi connectivity index (χ2n) is 9.38. The van der Waals surface area contributed by atoms with Gasteiger partial charge in [0.2, 0.25) is 5.91 Å². The smallest absolute Gasteiger partial charge is 0.243 e. The molecule has 3 atom stereocenters. The van der Waals surface area contributed by atoms with Crippen molar-refractivity contribution in [3.05, 3.63) is 71.7 Å². The lowest BCUT2D eigenvalue weighted by Gasteiger charge is -2.33. The quantitative estimate of drug-likeness (QED) is 0.639. The SMILES string of the molecule is COc1ccccc1CN1C[C@@H]2C[C@@H](c3cn[nH]c3-c3cccc(F)c3)N3CCC[C@@]23C1=O. The predicted molar refractivity (Wildman–Crippen MR) is 122 cm³/mol. The molecule has 1 N–H and O–H groups in total. The van der Waals surface area contributed by atoms with E-state index < -0.39 is 5.54 Å². The summed E-state index contributed by atoms with van der Waals surface area (Å²) in [5.74, 6) is 1.05. The molecule has 3 aliphatic rings. The average Bonchev–Trinajstić information content (AvgIpc) is 3.58. The van der Waals surface area contributed by atoms with Crippen molar-refractivity contribution < 1.29 is 13.9 Å². The van der Waals surface area contributed by atoms with E-state index in [1.54, 1.807) is 13.2 Å². The molecule has 0 bridgehead atoms. The topological polar surface area (TPSA) is 61.5 Å². The molecular weight excluding hydrogens is 419 g/mol. The minimum Gasteiger partial charge on any atom is -0.496 e. The maximum atomic E-state index is 13.9. The van der Waals surface area contributed by atoms with Gasteiger partial charge < -0.3 is 9.64 Å². The molecule has 0 aliphatic carbocycles. The van der Waals surface area contributed by atoms with Crippen LogP contribution in [-0.4, -0.2) is 51.6 Å². The summed E-state index contributed by atoms with van der Waals surface area (Å²) in [7, 11) is 1.67. The molecule has 3 saturated heterocycles. The van der Waals surface area contributed by atoms with Crippen molar-refractivity contribution in [3.63, 3.8) is 0 Å². The van der Waals surface area contributed by atoms with Crippen molar-refractivity contribution in [2.24, 2.45) is 5.92 Å². The third-order valence-electron chi connectivity index (χ3n) is 7.82. The molecule has 2 aromatic carbocycles. The van der Waals surface area contributed by atoms with Gasteiger partial charge in [0.05, 0.1) is 19.0 Å². The number of ether oxygens (including phenoxy) is 1. The molecule has 6 rings (SSSR count). The van der Waals surface area contributed by atoms with E-state index in [9.17, 15) is 9.18 Å². The van der Waals surface area contributed by atoms with Crippen molar-refractivity contribution in [3.8, 4) is 17.0 Å². The van der Waals surface area contributed by atoms with Crippen LogP contribution < -0.4 is 4.74 Å². The summed E-state index contributed by atoms with van der Waals surface area (Å²) in [5.41, 5.74) is 3.29. The molecule has 0 unspecified atom stereocenters. The molecule has 1 aromatic heterocycles. The van der Waals surface area contributed by atoms with Gasteiger partial charge in [0.25, 0.3) is 0 Å². The fraction of sp³-hybridized carbons (Fsp3) is 0.385. The molecule has 3 fully saturated rings. The fourth-order valence-corrected chi connectivity index (χ4v) is 6.47. The van der Waals surface area contributed by atoms with Gasteiger partial charge in [-0.05, 0) is 44.0 Å². The number of nitrogens with zero attached hydrogens (tertiary/aromatic N) is 3. The van der Waals surface area contributed by atoms with E-state index in [2.05, 4.69) is 15.1 Å². The number of rotatable bonds is 5. The molecule has 3 aliphatic heterocycles. The number of likely N-dealkylation sites (tertiary alicyclic amines) is 1. The van der Waals surface area contributed by atoms with Gasteiger partial charge in [0, 0.05) is 41.7 Å². The van der Waals surface area contributed by atoms with Crippen LogP contribution in [0.5, 0.6) is 5.75 Å². The number of carbonyl (C=O) groups is 1. The van der Waals surface area contributed by atoms with E-state index in [1.807, 2.05) is 41.4 Å². The fourth-order valence-electron chi connectivity index (χ4n) is 6.47. The van der Waals surface area contributed by atoms with Crippen LogP contribution >= 0.6 is 0 Å². The van der Waals surface area contributed by atoms with Crippen LogP contribution in [0.25, 0.3) is 11.3 Å². The van der Waals surface area contributed by atoms with Crippen molar-refractivity contribution in [2.45, 2.75) is 37.4 Å². The highest BCUT2D eigenvalue weighted by atomic mass is 19.1. The zero-order valence-electron chi connectivity index (χ0n) is 18.6. The maximum Gasteiger partial charge on any atom is 0.243 e. The van der Waals surface area contributed by atoms with E-state index in [-0.39, 0.29) is 23.7 Å². The van der Waals surface area contributed by atoms with Crippen molar-refractivity contribution in [1.29, 1.82) is 0 Å². The molecular formula is C26H27FN4O2. The average molecular weight is 447 g/mol. The van der Waals surface area contributed by atoms with Crippen LogP contribution in [0.1, 0.15) is 36.4 Å². The summed E-state index contributed by atoms with van der Waals surface area (Å²) in [6.07, 6.45) is 4.65. The number of carbonyl (C=O) groups excluding carboxylic acids is 1. The summed E-state index contributed by atoms with van der Waals surface area (Å²) in [6.45, 7) is 2.21. The van der Waals surface area contributed by atoms with Gasteiger partial charge in [-0.1, -0.05) is 30.3 Å². The first kappa shape index (κ1) is 20.4. The van der Waals surface area contributed by atoms with Gasteiger partial charge in [-0.3, -0.25) is 14.8 Å². The van der Waals surface area contributed by atoms with Crippen molar-refractivity contribution in [1.82, 2.24) is 20.0 Å². The molecule has 4 heterocycles. The summed E-state index contributed by atoms with van der Waals surface area (Å²) >= 11 is 0. The highest BCUT2D eigenvalue weighted by Gasteiger charge is 2.65. The van der Waals surface area contributed by atoms with Crippen LogP contribution in [0.15, 0.2) is 54.7 Å². The van der Waals surface area contributed by atoms with E-state index in [4.69, 9.17) is 4.74 Å². The standard InChI is InChI=1S/C26H27FN4O2/c1-33-23-9-3-2-6-18(23)15-30-16-19-13-22(31-11-5-10-26(19,31)25(30)32)21-14-28-29-24(21)17-7-4-8-20(27)12-17/h2-4,6-9,12,14,19,22H,5,10-11,13,15-16H2,1H3,(H,28,29)/t19-,22-,26-/m0/s1. The molecule has 0 saturated carbocycles. The lowest BCUT2D eigenvalue weighted by atomic mass is 9.85. The van der Waals surface area contributed by atoms with Gasteiger partial charge in [-0.25, -0.2) is 4.39 Å². The number of halogens is 1. The Morgan fingerprint density at radius 2 is 2.12 bits per heavy atom. The van der Waals surface area contributed by atoms with Gasteiger partial charge in [0.1, 0.15) is 17.1 Å². The van der Waals surface area contributed by atoms with Crippen LogP contribution in [0.4, 0.5) is 4.39 Å². The normalized spacial score (nSPS) is 26.6. The number of aromatic nitrogens is 2. The van der Waals surface area contributed by atoms with E-state index in [0.29, 0.717) is 6.54 Å². The highest BCUT2D eigenvalue weighted by molar-refractivity contribution is 5.90. The third-order valence-corrected chi connectivity index (χ3v) is 7.82. The minimum absolute atomic E-state index is 0.104. The third kappa shape index (κ3) is 3.02. The second-order valence-corrected chi connectivity index (χ2v) is 9.38. The first-order chi connectivity index (χ1) is 16.1. The Morgan fingerprint density at radius 1 is 1.24 bits per heavy atom. The molecule has 1 spiro atoms. The van der Waals surface area contributed by atoms with E-state index >= 15 is 0 Å². The Labute approximate surface area is 192 Å². The summed E-state index contributed by atoms with van der Waals surface area (Å²) in [4.78, 5) is 18.3. The number of amides is 1. The van der Waals surface area contributed by atoms with Crippen LogP contribution in [0.2, 0.25) is 0 Å². The molecule has 6 nitrogen and oxygen atoms in total. The van der Waals surface area contributed by atoms with Gasteiger partial charge in [-0.2, -0.15) is 5.10 Å². The first-order valence-corrected chi connectivity index (χ1v) is 11.6. The Balaban J connectivity index is 1.31. The zero-order valence-corrected chi connectivity index (χ0v) is 18.6. The number of methoxy groups -OCH3 is 1. The number of hydrogen-bond donors (Lipinski definition) is 1. The van der Waals surface area contributed by atoms with Crippen LogP contribution in [0, 0.1) is 11.7 Å². The minimum atomic E-state index is -0.441. The van der Waals surface area contributed by atoms with Crippen LogP contribution in [0.3, 0.4) is 0 Å². The molecule has 170 valence electrons. The number of nitrogens with one attached hydrogen (secondary N) is 1. The van der Waals surface area contributed by atoms with Gasteiger partial charge >= 0.3 is 0 Å². The summed E-state index contributed by atoms with van der Waals surface area (Å²) in [5, 5.41) is 7.39. The van der Waals surface area contributed by atoms with Gasteiger partial charge in [-0.15, -0.1) is 0 Å². The lowest BCUT2D eigenvalue weighted by molar-refractivity contribution is -0.137. The molecule has 33 heavy (non-hydrogen) atoms. The van der Waals surface area contributed by atoms with E-state index in [1.165, 1.54) is 12.1 Å². The Hall–Kier alpha value is -3.19. The zero-order chi connectivity index (χ0) is 22.6. The number of para-hydroxylation sites is 1. The molecule has 0 radical (unpaired) electrons. The lowest BCUT2D eigenvalue weighted by Crippen LogP contribution is -2.49. The number of hydrogen-bond acceptors (Lipinski definition) is 4. The second kappa shape index (κ2) is 7.70. The van der Waals surface area contributed by atoms with Crippen molar-refractivity contribution >= 4 is 5.91 Å². The first-order valence-electron chi connectivity index (χ1n) is 11.6. The Kier molecular flexibility index (Phi) is 4.76. The maximum absolute atomic E-state index is 13.9. The predicted octanol–water partition coefficient (Wildman–Crippen LogP) is 4.16. The summed E-state index contributed by atoms with van der Waals surface area (Å²) < 4.78 is 19.4. The number of aromatic amines is 1. The molecule has 1 amide bonds. The largest absolute Gasteiger partial charge is 0.496 e. The molecule has 3 aromatic rings. The Bertz CT molecular complexity index is 1210. The monoisotopic (exact) mass is 446 g/mol. The molecule has 7 heteroatoms. The highest BCUT2D eigenvalue weighted by Crippen LogP contribution is 2.57. The van der Waals surface area contributed by atoms with Crippen molar-refractivity contribution in [2.75, 3.05) is 20.2 Å².